The van der Waals surface area contributed by atoms with Crippen LogP contribution in [0.2, 0.25) is 0 Å². The molecular formula is C13H23Cl2NO. The van der Waals surface area contributed by atoms with E-state index < -0.39 is 5.60 Å². The average molecular weight is 280 g/mol. The zero-order valence-corrected chi connectivity index (χ0v) is 12.1. The Balaban J connectivity index is 0.00000144. The topological polar surface area (TPSA) is 32.6 Å². The second kappa shape index (κ2) is 6.40. The lowest BCUT2D eigenvalue weighted by Crippen LogP contribution is -2.44. The second-order valence-corrected chi connectivity index (χ2v) is 5.82. The Morgan fingerprint density at radius 2 is 1.76 bits per heavy atom. The van der Waals surface area contributed by atoms with E-state index in [1.165, 1.54) is 12.8 Å². The van der Waals surface area contributed by atoms with Gasteiger partial charge in [0, 0.05) is 24.1 Å². The van der Waals surface area contributed by atoms with E-state index in [0.717, 1.165) is 44.2 Å². The monoisotopic (exact) mass is 279 g/mol. The molecule has 2 nitrogen and oxygen atoms in total. The van der Waals surface area contributed by atoms with Gasteiger partial charge >= 0.3 is 0 Å². The lowest BCUT2D eigenvalue weighted by atomic mass is 9.78. The van der Waals surface area contributed by atoms with Crippen molar-refractivity contribution in [2.45, 2.75) is 62.3 Å². The molecule has 0 aromatic carbocycles. The van der Waals surface area contributed by atoms with E-state index in [-0.39, 0.29) is 17.8 Å². The number of alkyl halides is 1. The Kier molecular flexibility index (Phi) is 5.75. The lowest BCUT2D eigenvalue weighted by Gasteiger charge is -2.35. The van der Waals surface area contributed by atoms with E-state index in [0.29, 0.717) is 5.92 Å². The van der Waals surface area contributed by atoms with Gasteiger partial charge in [0.15, 0.2) is 0 Å². The van der Waals surface area contributed by atoms with Gasteiger partial charge in [0.25, 0.3) is 0 Å². The first-order valence-corrected chi connectivity index (χ1v) is 6.94. The summed E-state index contributed by atoms with van der Waals surface area (Å²) in [5, 5.41) is 10.8. The summed E-state index contributed by atoms with van der Waals surface area (Å²) in [6, 6.07) is 0. The average Bonchev–Trinajstić information content (AvgIpc) is 2.70. The van der Waals surface area contributed by atoms with Gasteiger partial charge in [-0.25, -0.2) is 0 Å². The van der Waals surface area contributed by atoms with Crippen LogP contribution in [0.3, 0.4) is 0 Å². The standard InChI is InChI=1S/C13H22ClNO.ClH/c1-15-12(13(16)8-4-5-9-13)10-6-2-3-7-11(10)14;/h10-11,16H,2-9H2,1H3;1H. The molecule has 2 rings (SSSR count). The summed E-state index contributed by atoms with van der Waals surface area (Å²) in [7, 11) is 1.81. The zero-order valence-electron chi connectivity index (χ0n) is 10.5. The molecular weight excluding hydrogens is 257 g/mol. The summed E-state index contributed by atoms with van der Waals surface area (Å²) < 4.78 is 0. The number of aliphatic hydroxyl groups is 1. The number of halogens is 2. The Bertz CT molecular complexity index is 275. The van der Waals surface area contributed by atoms with Crippen LogP contribution in [0.4, 0.5) is 0 Å². The van der Waals surface area contributed by atoms with E-state index in [4.69, 9.17) is 11.6 Å². The van der Waals surface area contributed by atoms with Crippen LogP contribution in [0.5, 0.6) is 0 Å². The smallest absolute Gasteiger partial charge is 0.103 e. The molecule has 2 atom stereocenters. The molecule has 2 saturated carbocycles. The molecule has 0 aliphatic heterocycles. The fourth-order valence-corrected chi connectivity index (χ4v) is 3.73. The molecule has 2 fully saturated rings. The third-order valence-corrected chi connectivity index (χ3v) is 4.70. The van der Waals surface area contributed by atoms with Crippen molar-refractivity contribution in [2.75, 3.05) is 7.05 Å². The molecule has 0 aromatic heterocycles. The second-order valence-electron chi connectivity index (χ2n) is 5.25. The van der Waals surface area contributed by atoms with Gasteiger partial charge in [0.05, 0.1) is 0 Å². The maximum Gasteiger partial charge on any atom is 0.103 e. The maximum atomic E-state index is 10.6. The number of aliphatic imine (C=N–C) groups is 1. The van der Waals surface area contributed by atoms with Gasteiger partial charge in [-0.05, 0) is 25.7 Å². The van der Waals surface area contributed by atoms with Crippen LogP contribution in [0.15, 0.2) is 4.99 Å². The quantitative estimate of drug-likeness (QED) is 0.608. The van der Waals surface area contributed by atoms with Gasteiger partial charge in [-0.3, -0.25) is 4.99 Å². The van der Waals surface area contributed by atoms with E-state index in [1.807, 2.05) is 7.05 Å². The van der Waals surface area contributed by atoms with Crippen molar-refractivity contribution >= 4 is 29.7 Å². The van der Waals surface area contributed by atoms with E-state index in [9.17, 15) is 5.11 Å². The fourth-order valence-electron chi connectivity index (χ4n) is 3.33. The van der Waals surface area contributed by atoms with Gasteiger partial charge in [0.1, 0.15) is 5.60 Å². The Hall–Kier alpha value is 0.210. The molecule has 0 heterocycles. The van der Waals surface area contributed by atoms with Crippen LogP contribution in [-0.4, -0.2) is 28.8 Å². The van der Waals surface area contributed by atoms with Gasteiger partial charge in [0.2, 0.25) is 0 Å². The summed E-state index contributed by atoms with van der Waals surface area (Å²) in [6.07, 6.45) is 8.61. The van der Waals surface area contributed by atoms with Crippen LogP contribution in [0.25, 0.3) is 0 Å². The largest absolute Gasteiger partial charge is 0.384 e. The van der Waals surface area contributed by atoms with Crippen molar-refractivity contribution in [2.24, 2.45) is 10.9 Å². The van der Waals surface area contributed by atoms with Crippen molar-refractivity contribution in [1.29, 1.82) is 0 Å². The normalized spacial score (nSPS) is 33.2. The molecule has 0 radical (unpaired) electrons. The van der Waals surface area contributed by atoms with Crippen LogP contribution in [0, 0.1) is 5.92 Å². The van der Waals surface area contributed by atoms with Gasteiger partial charge in [-0.1, -0.05) is 25.7 Å². The first kappa shape index (κ1) is 15.3. The SMILES string of the molecule is CN=C(C1CCCCC1Cl)C1(O)CCCC1.Cl. The maximum absolute atomic E-state index is 10.6. The number of hydrogen-bond acceptors (Lipinski definition) is 2. The minimum atomic E-state index is -0.635. The van der Waals surface area contributed by atoms with Crippen molar-refractivity contribution < 1.29 is 5.11 Å². The van der Waals surface area contributed by atoms with Gasteiger partial charge < -0.3 is 5.11 Å². The molecule has 1 N–H and O–H groups in total. The fraction of sp³-hybridized carbons (Fsp3) is 0.923. The van der Waals surface area contributed by atoms with E-state index >= 15 is 0 Å². The van der Waals surface area contributed by atoms with Crippen molar-refractivity contribution in [3.05, 3.63) is 0 Å². The van der Waals surface area contributed by atoms with Gasteiger partial charge in [-0.15, -0.1) is 24.0 Å². The predicted octanol–water partition coefficient (Wildman–Crippen LogP) is 3.58. The molecule has 2 aliphatic rings. The van der Waals surface area contributed by atoms with Crippen LogP contribution in [0.1, 0.15) is 51.4 Å². The highest BCUT2D eigenvalue weighted by Gasteiger charge is 2.42. The first-order chi connectivity index (χ1) is 7.67. The molecule has 0 spiro atoms. The van der Waals surface area contributed by atoms with Gasteiger partial charge in [-0.2, -0.15) is 0 Å². The van der Waals surface area contributed by atoms with Crippen LogP contribution in [-0.2, 0) is 0 Å². The van der Waals surface area contributed by atoms with Crippen molar-refractivity contribution in [3.8, 4) is 0 Å². The first-order valence-electron chi connectivity index (χ1n) is 6.51. The summed E-state index contributed by atoms with van der Waals surface area (Å²) in [5.74, 6) is 0.309. The number of hydrogen-bond donors (Lipinski definition) is 1. The molecule has 100 valence electrons. The molecule has 0 saturated heterocycles. The Morgan fingerprint density at radius 3 is 2.29 bits per heavy atom. The van der Waals surface area contributed by atoms with Crippen LogP contribution < -0.4 is 0 Å². The van der Waals surface area contributed by atoms with E-state index in [1.54, 1.807) is 0 Å². The van der Waals surface area contributed by atoms with Crippen molar-refractivity contribution in [3.63, 3.8) is 0 Å². The minimum Gasteiger partial charge on any atom is -0.384 e. The van der Waals surface area contributed by atoms with E-state index in [2.05, 4.69) is 4.99 Å². The molecule has 4 heteroatoms. The molecule has 0 aromatic rings. The molecule has 0 bridgehead atoms. The lowest BCUT2D eigenvalue weighted by molar-refractivity contribution is 0.112. The number of nitrogens with zero attached hydrogens (tertiary/aromatic N) is 1. The van der Waals surface area contributed by atoms with Crippen LogP contribution >= 0.6 is 24.0 Å². The minimum absolute atomic E-state index is 0. The third-order valence-electron chi connectivity index (χ3n) is 4.18. The highest BCUT2D eigenvalue weighted by Crippen LogP contribution is 2.39. The predicted molar refractivity (Wildman–Crippen MR) is 75.6 cm³/mol. The summed E-state index contributed by atoms with van der Waals surface area (Å²) in [6.45, 7) is 0. The highest BCUT2D eigenvalue weighted by molar-refractivity contribution is 6.22. The summed E-state index contributed by atoms with van der Waals surface area (Å²) in [5.41, 5.74) is 0.355. The molecule has 2 unspecified atom stereocenters. The molecule has 17 heavy (non-hydrogen) atoms. The third kappa shape index (κ3) is 3.15. The van der Waals surface area contributed by atoms with Crippen molar-refractivity contribution in [1.82, 2.24) is 0 Å². The Labute approximate surface area is 115 Å². The Morgan fingerprint density at radius 1 is 1.18 bits per heavy atom. The number of rotatable bonds is 2. The zero-order chi connectivity index (χ0) is 11.6. The summed E-state index contributed by atoms with van der Waals surface area (Å²) in [4.78, 5) is 4.40. The molecule has 0 amide bonds. The summed E-state index contributed by atoms with van der Waals surface area (Å²) >= 11 is 6.40. The highest BCUT2D eigenvalue weighted by atomic mass is 35.5. The molecule has 2 aliphatic carbocycles.